The quantitative estimate of drug-likeness (QED) is 0.924. The van der Waals surface area contributed by atoms with Crippen LogP contribution in [0.3, 0.4) is 0 Å². The van der Waals surface area contributed by atoms with Crippen LogP contribution in [0.25, 0.3) is 0 Å². The number of hydrogen-bond donors (Lipinski definition) is 1. The van der Waals surface area contributed by atoms with Crippen molar-refractivity contribution in [2.24, 2.45) is 0 Å². The smallest absolute Gasteiger partial charge is 0.322 e. The summed E-state index contributed by atoms with van der Waals surface area (Å²) in [4.78, 5) is 24.7. The van der Waals surface area contributed by atoms with Crippen molar-refractivity contribution in [3.8, 4) is 0 Å². The number of hydrogen-bond acceptors (Lipinski definition) is 5. The Balaban J connectivity index is 1.75. The molecule has 1 aromatic heterocycles. The number of para-hydroxylation sites is 1. The maximum Gasteiger partial charge on any atom is 0.322 e. The Bertz CT molecular complexity index is 668. The molecule has 1 atom stereocenters. The van der Waals surface area contributed by atoms with Crippen LogP contribution >= 0.6 is 0 Å². The van der Waals surface area contributed by atoms with E-state index in [-0.39, 0.29) is 23.7 Å². The number of anilines is 2. The Morgan fingerprint density at radius 2 is 2.10 bits per heavy atom. The highest BCUT2D eigenvalue weighted by Crippen LogP contribution is 2.31. The number of carbonyl (C=O) groups is 2. The van der Waals surface area contributed by atoms with Gasteiger partial charge in [0.2, 0.25) is 17.7 Å². The topological polar surface area (TPSA) is 88.3 Å². The fourth-order valence-electron chi connectivity index (χ4n) is 2.33. The van der Waals surface area contributed by atoms with Gasteiger partial charge in [0.05, 0.1) is 5.92 Å². The van der Waals surface area contributed by atoms with Crippen LogP contribution in [0.15, 0.2) is 34.7 Å². The lowest BCUT2D eigenvalue weighted by Crippen LogP contribution is -2.24. The van der Waals surface area contributed by atoms with Gasteiger partial charge in [0.1, 0.15) is 0 Å². The fraction of sp³-hybridized carbons (Fsp3) is 0.286. The van der Waals surface area contributed by atoms with Crippen LogP contribution in [0.5, 0.6) is 0 Å². The zero-order valence-corrected chi connectivity index (χ0v) is 11.4. The van der Waals surface area contributed by atoms with Crippen LogP contribution in [0, 0.1) is 0 Å². The number of benzene rings is 1. The molecule has 1 aromatic carbocycles. The van der Waals surface area contributed by atoms with Crippen LogP contribution in [-0.2, 0) is 9.59 Å². The van der Waals surface area contributed by atoms with Crippen molar-refractivity contribution in [2.45, 2.75) is 19.3 Å². The summed E-state index contributed by atoms with van der Waals surface area (Å²) >= 11 is 0. The Kier molecular flexibility index (Phi) is 3.39. The number of carbonyl (C=O) groups excluding carboxylic acids is 2. The lowest BCUT2D eigenvalue weighted by molar-refractivity contribution is -0.117. The van der Waals surface area contributed by atoms with Crippen molar-refractivity contribution in [3.05, 3.63) is 36.2 Å². The summed E-state index contributed by atoms with van der Waals surface area (Å²) in [6.07, 6.45) is 0.316. The molecule has 0 unspecified atom stereocenters. The molecule has 2 aromatic rings. The van der Waals surface area contributed by atoms with E-state index in [1.165, 1.54) is 6.92 Å². The van der Waals surface area contributed by atoms with Crippen LogP contribution in [-0.4, -0.2) is 28.6 Å². The minimum atomic E-state index is -0.279. The van der Waals surface area contributed by atoms with Crippen molar-refractivity contribution < 1.29 is 14.0 Å². The normalized spacial score (nSPS) is 18.0. The lowest BCUT2D eigenvalue weighted by Gasteiger charge is -2.15. The Hall–Kier alpha value is -2.70. The molecular weight excluding hydrogens is 272 g/mol. The molecule has 1 N–H and O–H groups in total. The third kappa shape index (κ3) is 2.76. The van der Waals surface area contributed by atoms with Crippen molar-refractivity contribution in [2.75, 3.05) is 16.8 Å². The lowest BCUT2D eigenvalue weighted by atomic mass is 10.1. The van der Waals surface area contributed by atoms with E-state index in [1.807, 2.05) is 30.3 Å². The van der Waals surface area contributed by atoms with E-state index in [0.29, 0.717) is 18.9 Å². The van der Waals surface area contributed by atoms with Gasteiger partial charge < -0.3 is 9.32 Å². The highest BCUT2D eigenvalue weighted by Gasteiger charge is 2.34. The second-order valence-electron chi connectivity index (χ2n) is 4.87. The molecule has 0 saturated carbocycles. The van der Waals surface area contributed by atoms with E-state index in [9.17, 15) is 9.59 Å². The highest BCUT2D eigenvalue weighted by molar-refractivity contribution is 5.96. The molecule has 2 amide bonds. The van der Waals surface area contributed by atoms with Gasteiger partial charge in [-0.15, -0.1) is 5.10 Å². The Morgan fingerprint density at radius 3 is 2.81 bits per heavy atom. The van der Waals surface area contributed by atoms with Gasteiger partial charge >= 0.3 is 6.01 Å². The molecule has 1 aliphatic heterocycles. The maximum absolute atomic E-state index is 12.1. The van der Waals surface area contributed by atoms with Gasteiger partial charge in [0.25, 0.3) is 0 Å². The van der Waals surface area contributed by atoms with E-state index >= 15 is 0 Å². The molecule has 3 rings (SSSR count). The van der Waals surface area contributed by atoms with E-state index in [0.717, 1.165) is 5.69 Å². The van der Waals surface area contributed by atoms with Gasteiger partial charge in [-0.05, 0) is 12.1 Å². The first-order valence-electron chi connectivity index (χ1n) is 6.60. The zero-order chi connectivity index (χ0) is 14.8. The molecule has 0 spiro atoms. The largest absolute Gasteiger partial charge is 0.407 e. The van der Waals surface area contributed by atoms with Gasteiger partial charge in [0, 0.05) is 25.6 Å². The molecular formula is C14H14N4O3. The monoisotopic (exact) mass is 286 g/mol. The molecule has 1 saturated heterocycles. The van der Waals surface area contributed by atoms with Crippen LogP contribution < -0.4 is 10.2 Å². The number of aromatic nitrogens is 2. The zero-order valence-electron chi connectivity index (χ0n) is 11.4. The molecule has 0 radical (unpaired) electrons. The van der Waals surface area contributed by atoms with Crippen molar-refractivity contribution in [3.63, 3.8) is 0 Å². The Morgan fingerprint density at radius 1 is 1.33 bits per heavy atom. The molecule has 7 heteroatoms. The van der Waals surface area contributed by atoms with Crippen LogP contribution in [0.2, 0.25) is 0 Å². The molecule has 0 aliphatic carbocycles. The average molecular weight is 286 g/mol. The predicted octanol–water partition coefficient (Wildman–Crippen LogP) is 1.55. The molecule has 1 aliphatic rings. The standard InChI is InChI=1S/C14H14N4O3/c1-9(19)15-14-17-16-13(21-14)10-7-12(20)18(8-10)11-5-3-2-4-6-11/h2-6,10H,7-8H2,1H3,(H,15,17,19)/t10-/m1/s1. The van der Waals surface area contributed by atoms with E-state index in [4.69, 9.17) is 4.42 Å². The minimum Gasteiger partial charge on any atom is -0.407 e. The SMILES string of the molecule is CC(=O)Nc1nnc([C@@H]2CC(=O)N(c3ccccc3)C2)o1. The Labute approximate surface area is 121 Å². The first kappa shape index (κ1) is 13.3. The molecule has 1 fully saturated rings. The third-order valence-electron chi connectivity index (χ3n) is 3.27. The number of nitrogens with one attached hydrogen (secondary N) is 1. The summed E-state index contributed by atoms with van der Waals surface area (Å²) in [6.45, 7) is 1.85. The summed E-state index contributed by atoms with van der Waals surface area (Å²) in [7, 11) is 0. The van der Waals surface area contributed by atoms with Gasteiger partial charge in [-0.25, -0.2) is 0 Å². The van der Waals surface area contributed by atoms with E-state index in [1.54, 1.807) is 4.90 Å². The summed E-state index contributed by atoms with van der Waals surface area (Å²) < 4.78 is 5.38. The van der Waals surface area contributed by atoms with Gasteiger partial charge in [-0.1, -0.05) is 23.3 Å². The van der Waals surface area contributed by atoms with E-state index in [2.05, 4.69) is 15.5 Å². The molecule has 21 heavy (non-hydrogen) atoms. The summed E-state index contributed by atoms with van der Waals surface area (Å²) in [5.74, 6) is -0.0534. The number of amides is 2. The van der Waals surface area contributed by atoms with Gasteiger partial charge in [-0.3, -0.25) is 14.9 Å². The van der Waals surface area contributed by atoms with Crippen LogP contribution in [0.1, 0.15) is 25.2 Å². The second-order valence-corrected chi connectivity index (χ2v) is 4.87. The molecule has 108 valence electrons. The first-order valence-corrected chi connectivity index (χ1v) is 6.60. The predicted molar refractivity (Wildman–Crippen MR) is 74.8 cm³/mol. The minimum absolute atomic E-state index is 0.0190. The molecule has 2 heterocycles. The summed E-state index contributed by atoms with van der Waals surface area (Å²) in [6, 6.07) is 9.50. The van der Waals surface area contributed by atoms with Gasteiger partial charge in [-0.2, -0.15) is 0 Å². The third-order valence-corrected chi connectivity index (χ3v) is 3.27. The first-order chi connectivity index (χ1) is 10.1. The average Bonchev–Trinajstić information content (AvgIpc) is 3.06. The van der Waals surface area contributed by atoms with Crippen molar-refractivity contribution in [1.29, 1.82) is 0 Å². The van der Waals surface area contributed by atoms with Crippen molar-refractivity contribution >= 4 is 23.5 Å². The highest BCUT2D eigenvalue weighted by atomic mass is 16.4. The van der Waals surface area contributed by atoms with Crippen LogP contribution in [0.4, 0.5) is 11.7 Å². The summed E-state index contributed by atoms with van der Waals surface area (Å²) in [5.41, 5.74) is 0.853. The molecule has 7 nitrogen and oxygen atoms in total. The fourth-order valence-corrected chi connectivity index (χ4v) is 2.33. The van der Waals surface area contributed by atoms with Crippen molar-refractivity contribution in [1.82, 2.24) is 10.2 Å². The second kappa shape index (κ2) is 5.35. The van der Waals surface area contributed by atoms with Gasteiger partial charge in [0.15, 0.2) is 0 Å². The number of nitrogens with zero attached hydrogens (tertiary/aromatic N) is 3. The molecule has 0 bridgehead atoms. The summed E-state index contributed by atoms with van der Waals surface area (Å²) in [5, 5.41) is 10.1. The maximum atomic E-state index is 12.1. The number of rotatable bonds is 3. The van der Waals surface area contributed by atoms with E-state index < -0.39 is 0 Å².